The van der Waals surface area contributed by atoms with Crippen LogP contribution in [0.3, 0.4) is 0 Å². The Balaban J connectivity index is 1.34. The Morgan fingerprint density at radius 2 is 1.38 bits per heavy atom. The number of fused-ring (bicyclic) bond motifs is 1. The summed E-state index contributed by atoms with van der Waals surface area (Å²) in [6, 6.07) is 7.27. The number of hydrogen-bond donors (Lipinski definition) is 0. The second-order valence-electron chi connectivity index (χ2n) is 9.48. The van der Waals surface area contributed by atoms with Gasteiger partial charge in [0.1, 0.15) is 11.9 Å². The number of aryl methyl sites for hydroxylation is 1. The first-order valence-corrected chi connectivity index (χ1v) is 12.4. The van der Waals surface area contributed by atoms with Crippen LogP contribution >= 0.6 is 23.2 Å². The lowest BCUT2D eigenvalue weighted by Gasteiger charge is -2.30. The Morgan fingerprint density at radius 1 is 0.812 bits per heavy atom. The fourth-order valence-corrected chi connectivity index (χ4v) is 5.24. The van der Waals surface area contributed by atoms with Crippen molar-refractivity contribution in [2.24, 2.45) is 17.8 Å². The van der Waals surface area contributed by atoms with Crippen LogP contribution in [0.5, 0.6) is 5.75 Å². The molecule has 2 aliphatic rings. The van der Waals surface area contributed by atoms with Gasteiger partial charge in [-0.1, -0.05) is 36.2 Å². The van der Waals surface area contributed by atoms with E-state index in [1.54, 1.807) is 18.2 Å². The highest BCUT2D eigenvalue weighted by atomic mass is 35.5. The average molecular weight is 477 g/mol. The number of benzene rings is 2. The van der Waals surface area contributed by atoms with E-state index in [0.717, 1.165) is 42.0 Å². The van der Waals surface area contributed by atoms with Crippen molar-refractivity contribution >= 4 is 45.9 Å². The van der Waals surface area contributed by atoms with Crippen LogP contribution < -0.4 is 4.74 Å². The summed E-state index contributed by atoms with van der Waals surface area (Å²) in [5.41, 5.74) is 1.04. The zero-order chi connectivity index (χ0) is 22.8. The van der Waals surface area contributed by atoms with E-state index in [9.17, 15) is 9.59 Å². The predicted molar refractivity (Wildman–Crippen MR) is 127 cm³/mol. The molecular formula is C26H30Cl2O4. The van der Waals surface area contributed by atoms with Gasteiger partial charge in [-0.05, 0) is 93.4 Å². The monoisotopic (exact) mass is 476 g/mol. The molecule has 2 aliphatic carbocycles. The minimum absolute atomic E-state index is 0.0454. The van der Waals surface area contributed by atoms with Crippen LogP contribution in [0.25, 0.3) is 10.8 Å². The summed E-state index contributed by atoms with van der Waals surface area (Å²) in [7, 11) is 0. The second kappa shape index (κ2) is 10.0. The summed E-state index contributed by atoms with van der Waals surface area (Å²) in [4.78, 5) is 25.4. The quantitative estimate of drug-likeness (QED) is 0.343. The second-order valence-corrected chi connectivity index (χ2v) is 10.3. The van der Waals surface area contributed by atoms with Gasteiger partial charge in [-0.3, -0.25) is 9.59 Å². The maximum Gasteiger partial charge on any atom is 0.314 e. The van der Waals surface area contributed by atoms with Crippen molar-refractivity contribution in [3.8, 4) is 5.75 Å². The molecular weight excluding hydrogens is 447 g/mol. The number of halogens is 2. The number of rotatable bonds is 4. The molecule has 0 atom stereocenters. The third-order valence-electron chi connectivity index (χ3n) is 7.09. The van der Waals surface area contributed by atoms with Crippen molar-refractivity contribution in [2.45, 2.75) is 71.3 Å². The predicted octanol–water partition coefficient (Wildman–Crippen LogP) is 7.29. The van der Waals surface area contributed by atoms with Gasteiger partial charge in [0, 0.05) is 5.39 Å². The molecule has 0 N–H and O–H groups in total. The maximum absolute atomic E-state index is 12.9. The molecule has 172 valence electrons. The molecule has 0 saturated heterocycles. The lowest BCUT2D eigenvalue weighted by Crippen LogP contribution is -2.32. The first-order valence-electron chi connectivity index (χ1n) is 11.6. The number of hydrogen-bond acceptors (Lipinski definition) is 4. The number of esters is 2. The molecule has 2 aromatic rings. The van der Waals surface area contributed by atoms with E-state index < -0.39 is 0 Å². The zero-order valence-corrected chi connectivity index (χ0v) is 20.2. The van der Waals surface area contributed by atoms with Crippen LogP contribution in [0.15, 0.2) is 24.3 Å². The van der Waals surface area contributed by atoms with Crippen LogP contribution in [0, 0.1) is 24.7 Å². The molecule has 0 spiro atoms. The number of ether oxygens (including phenoxy) is 2. The van der Waals surface area contributed by atoms with Crippen LogP contribution in [0.2, 0.25) is 10.0 Å². The van der Waals surface area contributed by atoms with Gasteiger partial charge in [-0.15, -0.1) is 0 Å². The summed E-state index contributed by atoms with van der Waals surface area (Å²) in [6.07, 6.45) is 6.70. The van der Waals surface area contributed by atoms with Gasteiger partial charge in [0.25, 0.3) is 0 Å². The molecule has 0 radical (unpaired) electrons. The third-order valence-corrected chi connectivity index (χ3v) is 7.81. The molecule has 6 heteroatoms. The van der Waals surface area contributed by atoms with Gasteiger partial charge in [-0.2, -0.15) is 0 Å². The molecule has 2 fully saturated rings. The normalized spacial score (nSPS) is 26.0. The molecule has 0 aromatic heterocycles. The van der Waals surface area contributed by atoms with Crippen molar-refractivity contribution in [1.82, 2.24) is 0 Å². The number of carbonyl (C=O) groups is 2. The molecule has 32 heavy (non-hydrogen) atoms. The Hall–Kier alpha value is -1.78. The Morgan fingerprint density at radius 3 is 2.03 bits per heavy atom. The fraction of sp³-hybridized carbons (Fsp3) is 0.538. The van der Waals surface area contributed by atoms with Gasteiger partial charge in [0.05, 0.1) is 21.9 Å². The third kappa shape index (κ3) is 5.23. The van der Waals surface area contributed by atoms with E-state index in [0.29, 0.717) is 47.4 Å². The van der Waals surface area contributed by atoms with Gasteiger partial charge in [-0.25, -0.2) is 0 Å². The topological polar surface area (TPSA) is 52.6 Å². The van der Waals surface area contributed by atoms with Crippen molar-refractivity contribution < 1.29 is 19.1 Å². The molecule has 2 aromatic carbocycles. The minimum Gasteiger partial charge on any atom is -0.462 e. The van der Waals surface area contributed by atoms with Gasteiger partial charge in [0.15, 0.2) is 0 Å². The minimum atomic E-state index is -0.243. The van der Waals surface area contributed by atoms with E-state index in [1.165, 1.54) is 0 Å². The standard InChI is InChI=1S/C26H30Cl2O4/c1-15-3-6-17(7-4-15)25(29)31-19-10-8-18(9-11-19)26(30)32-24-12-5-16(2)20-13-22(27)23(28)14-21(20)24/h5,12-15,17-19H,3-4,6-11H2,1-2H3. The molecule has 0 unspecified atom stereocenters. The van der Waals surface area contributed by atoms with Crippen LogP contribution in [-0.4, -0.2) is 18.0 Å². The Bertz CT molecular complexity index is 1000. The lowest BCUT2D eigenvalue weighted by atomic mass is 9.83. The van der Waals surface area contributed by atoms with Crippen molar-refractivity contribution in [1.29, 1.82) is 0 Å². The van der Waals surface area contributed by atoms with Gasteiger partial charge < -0.3 is 9.47 Å². The molecule has 4 nitrogen and oxygen atoms in total. The van der Waals surface area contributed by atoms with Crippen LogP contribution in [-0.2, 0) is 14.3 Å². The molecule has 2 saturated carbocycles. The highest BCUT2D eigenvalue weighted by Crippen LogP contribution is 2.36. The number of carbonyl (C=O) groups excluding carboxylic acids is 2. The summed E-state index contributed by atoms with van der Waals surface area (Å²) >= 11 is 12.4. The largest absolute Gasteiger partial charge is 0.462 e. The van der Waals surface area contributed by atoms with Crippen molar-refractivity contribution in [3.63, 3.8) is 0 Å². The first-order chi connectivity index (χ1) is 15.3. The van der Waals surface area contributed by atoms with E-state index >= 15 is 0 Å². The summed E-state index contributed by atoms with van der Waals surface area (Å²) < 4.78 is 11.6. The van der Waals surface area contributed by atoms with Gasteiger partial charge in [0.2, 0.25) is 0 Å². The van der Waals surface area contributed by atoms with E-state index in [-0.39, 0.29) is 29.9 Å². The molecule has 0 amide bonds. The zero-order valence-electron chi connectivity index (χ0n) is 18.7. The fourth-order valence-electron chi connectivity index (χ4n) is 4.91. The lowest BCUT2D eigenvalue weighted by molar-refractivity contribution is -0.158. The van der Waals surface area contributed by atoms with E-state index in [2.05, 4.69) is 6.92 Å². The van der Waals surface area contributed by atoms with Gasteiger partial charge >= 0.3 is 11.9 Å². The first kappa shape index (κ1) is 23.4. The maximum atomic E-state index is 12.9. The Kier molecular flexibility index (Phi) is 7.31. The smallest absolute Gasteiger partial charge is 0.314 e. The summed E-state index contributed by atoms with van der Waals surface area (Å²) in [5, 5.41) is 2.59. The Labute approximate surface area is 199 Å². The summed E-state index contributed by atoms with van der Waals surface area (Å²) in [6.45, 7) is 4.22. The van der Waals surface area contributed by atoms with E-state index in [4.69, 9.17) is 32.7 Å². The molecule has 0 heterocycles. The van der Waals surface area contributed by atoms with E-state index in [1.807, 2.05) is 13.0 Å². The summed E-state index contributed by atoms with van der Waals surface area (Å²) in [5.74, 6) is 0.758. The SMILES string of the molecule is Cc1ccc(OC(=O)C2CCC(OC(=O)C3CCC(C)CC3)CC2)c2cc(Cl)c(Cl)cc12. The highest BCUT2D eigenvalue weighted by molar-refractivity contribution is 6.43. The average Bonchev–Trinajstić information content (AvgIpc) is 2.78. The van der Waals surface area contributed by atoms with Crippen LogP contribution in [0.1, 0.15) is 63.9 Å². The van der Waals surface area contributed by atoms with Crippen molar-refractivity contribution in [3.05, 3.63) is 39.9 Å². The molecule has 0 bridgehead atoms. The van der Waals surface area contributed by atoms with Crippen molar-refractivity contribution in [2.75, 3.05) is 0 Å². The highest BCUT2D eigenvalue weighted by Gasteiger charge is 2.32. The van der Waals surface area contributed by atoms with Crippen LogP contribution in [0.4, 0.5) is 0 Å². The molecule has 4 rings (SSSR count). The molecule has 0 aliphatic heterocycles.